The fourth-order valence-corrected chi connectivity index (χ4v) is 6.00. The fourth-order valence-electron chi connectivity index (χ4n) is 3.07. The van der Waals surface area contributed by atoms with E-state index in [2.05, 4.69) is 0 Å². The molecule has 152 valence electrons. The highest BCUT2D eigenvalue weighted by molar-refractivity contribution is 7.89. The highest BCUT2D eigenvalue weighted by atomic mass is 32.2. The van der Waals surface area contributed by atoms with Gasteiger partial charge in [-0.3, -0.25) is 0 Å². The van der Waals surface area contributed by atoms with E-state index >= 15 is 0 Å². The average Bonchev–Trinajstić information content (AvgIpc) is 2.70. The Labute approximate surface area is 166 Å². The fraction of sp³-hybridized carbons (Fsp3) is 0.368. The van der Waals surface area contributed by atoms with E-state index in [4.69, 9.17) is 4.74 Å². The molecule has 0 N–H and O–H groups in total. The molecule has 0 amide bonds. The van der Waals surface area contributed by atoms with Gasteiger partial charge in [0.25, 0.3) is 0 Å². The van der Waals surface area contributed by atoms with Crippen LogP contribution in [0.25, 0.3) is 0 Å². The second-order valence-electron chi connectivity index (χ2n) is 6.73. The van der Waals surface area contributed by atoms with Crippen LogP contribution in [0.5, 0.6) is 5.75 Å². The van der Waals surface area contributed by atoms with Gasteiger partial charge in [0.1, 0.15) is 5.75 Å². The Hall–Kier alpha value is -1.94. The number of sulfonamides is 2. The van der Waals surface area contributed by atoms with Gasteiger partial charge in [-0.15, -0.1) is 0 Å². The van der Waals surface area contributed by atoms with Crippen molar-refractivity contribution in [1.82, 2.24) is 8.61 Å². The van der Waals surface area contributed by atoms with Crippen LogP contribution in [0.3, 0.4) is 0 Å². The second-order valence-corrected chi connectivity index (χ2v) is 10.6. The summed E-state index contributed by atoms with van der Waals surface area (Å²) in [6.45, 7) is 4.24. The van der Waals surface area contributed by atoms with Crippen LogP contribution in [0.2, 0.25) is 0 Å². The molecular weight excluding hydrogens is 400 g/mol. The molecule has 0 unspecified atom stereocenters. The minimum atomic E-state index is -3.68. The number of aryl methyl sites for hydroxylation is 2. The molecule has 0 atom stereocenters. The third kappa shape index (κ3) is 3.93. The lowest BCUT2D eigenvalue weighted by atomic mass is 10.1. The molecule has 1 saturated heterocycles. The van der Waals surface area contributed by atoms with Crippen molar-refractivity contribution in [3.05, 3.63) is 53.6 Å². The molecule has 0 radical (unpaired) electrons. The lowest BCUT2D eigenvalue weighted by molar-refractivity contribution is 0.273. The van der Waals surface area contributed by atoms with E-state index in [1.54, 1.807) is 30.3 Å². The lowest BCUT2D eigenvalue weighted by Gasteiger charge is -2.33. The molecule has 2 aromatic rings. The standard InChI is InChI=1S/C19H24N2O5S2/c1-15-4-7-19(14-16(15)2)28(24,25)21-12-10-20(11-13-21)27(22,23)18-8-5-17(26-3)6-9-18/h4-9,14H,10-13H2,1-3H3. The van der Waals surface area contributed by atoms with Gasteiger partial charge in [0.2, 0.25) is 20.0 Å². The predicted molar refractivity (Wildman–Crippen MR) is 106 cm³/mol. The summed E-state index contributed by atoms with van der Waals surface area (Å²) in [6, 6.07) is 11.2. The van der Waals surface area contributed by atoms with E-state index in [0.29, 0.717) is 5.75 Å². The third-order valence-corrected chi connectivity index (χ3v) is 8.82. The number of nitrogens with zero attached hydrogens (tertiary/aromatic N) is 2. The summed E-state index contributed by atoms with van der Waals surface area (Å²) in [5, 5.41) is 0. The van der Waals surface area contributed by atoms with Crippen LogP contribution in [0.4, 0.5) is 0 Å². The minimum absolute atomic E-state index is 0.110. The molecule has 1 heterocycles. The molecule has 0 aromatic heterocycles. The van der Waals surface area contributed by atoms with E-state index in [1.807, 2.05) is 13.8 Å². The smallest absolute Gasteiger partial charge is 0.243 e. The molecule has 0 spiro atoms. The van der Waals surface area contributed by atoms with Crippen molar-refractivity contribution in [1.29, 1.82) is 0 Å². The summed E-state index contributed by atoms with van der Waals surface area (Å²) in [5.41, 5.74) is 1.93. The number of methoxy groups -OCH3 is 1. The summed E-state index contributed by atoms with van der Waals surface area (Å²) in [5.74, 6) is 0.572. The van der Waals surface area contributed by atoms with Crippen LogP contribution in [-0.4, -0.2) is 58.7 Å². The monoisotopic (exact) mass is 424 g/mol. The Bertz CT molecular complexity index is 1060. The zero-order chi connectivity index (χ0) is 20.5. The Morgan fingerprint density at radius 1 is 0.714 bits per heavy atom. The third-order valence-electron chi connectivity index (χ3n) is 5.01. The van der Waals surface area contributed by atoms with Gasteiger partial charge in [-0.05, 0) is 61.4 Å². The normalized spacial score (nSPS) is 16.8. The molecule has 3 rings (SSSR count). The van der Waals surface area contributed by atoms with E-state index in [0.717, 1.165) is 11.1 Å². The van der Waals surface area contributed by atoms with Crippen molar-refractivity contribution in [3.63, 3.8) is 0 Å². The maximum absolute atomic E-state index is 12.9. The summed E-state index contributed by atoms with van der Waals surface area (Å²) >= 11 is 0. The zero-order valence-corrected chi connectivity index (χ0v) is 17.8. The first kappa shape index (κ1) is 20.8. The number of benzene rings is 2. The second kappa shape index (κ2) is 7.82. The Kier molecular flexibility index (Phi) is 5.81. The maximum Gasteiger partial charge on any atom is 0.243 e. The van der Waals surface area contributed by atoms with Gasteiger partial charge in [-0.1, -0.05) is 6.07 Å². The Morgan fingerprint density at radius 3 is 1.64 bits per heavy atom. The van der Waals surface area contributed by atoms with Gasteiger partial charge in [0, 0.05) is 26.2 Å². The summed E-state index contributed by atoms with van der Waals surface area (Å²) in [4.78, 5) is 0.404. The van der Waals surface area contributed by atoms with Gasteiger partial charge in [0.15, 0.2) is 0 Å². The average molecular weight is 425 g/mol. The maximum atomic E-state index is 12.9. The highest BCUT2D eigenvalue weighted by Crippen LogP contribution is 2.24. The molecule has 0 saturated carbocycles. The van der Waals surface area contributed by atoms with Crippen molar-refractivity contribution in [2.45, 2.75) is 23.6 Å². The molecule has 7 nitrogen and oxygen atoms in total. The highest BCUT2D eigenvalue weighted by Gasteiger charge is 2.33. The molecular formula is C19H24N2O5S2. The Balaban J connectivity index is 1.75. The van der Waals surface area contributed by atoms with Crippen molar-refractivity contribution in [3.8, 4) is 5.75 Å². The Morgan fingerprint density at radius 2 is 1.18 bits per heavy atom. The number of rotatable bonds is 5. The predicted octanol–water partition coefficient (Wildman–Crippen LogP) is 2.01. The van der Waals surface area contributed by atoms with Crippen molar-refractivity contribution < 1.29 is 21.6 Å². The lowest BCUT2D eigenvalue weighted by Crippen LogP contribution is -2.50. The summed E-state index contributed by atoms with van der Waals surface area (Å²) in [6.07, 6.45) is 0. The molecule has 1 aliphatic rings. The SMILES string of the molecule is COc1ccc(S(=O)(=O)N2CCN(S(=O)(=O)c3ccc(C)c(C)c3)CC2)cc1. The van der Waals surface area contributed by atoms with Crippen LogP contribution in [0.15, 0.2) is 52.3 Å². The molecule has 1 aliphatic heterocycles. The van der Waals surface area contributed by atoms with E-state index in [-0.39, 0.29) is 36.0 Å². The molecule has 0 aliphatic carbocycles. The van der Waals surface area contributed by atoms with Crippen LogP contribution in [0.1, 0.15) is 11.1 Å². The van der Waals surface area contributed by atoms with Crippen LogP contribution >= 0.6 is 0 Å². The zero-order valence-electron chi connectivity index (χ0n) is 16.1. The number of ether oxygens (including phenoxy) is 1. The minimum Gasteiger partial charge on any atom is -0.497 e. The van der Waals surface area contributed by atoms with Crippen LogP contribution < -0.4 is 4.74 Å². The van der Waals surface area contributed by atoms with Gasteiger partial charge in [-0.25, -0.2) is 16.8 Å². The molecule has 2 aromatic carbocycles. The largest absolute Gasteiger partial charge is 0.497 e. The molecule has 0 bridgehead atoms. The topological polar surface area (TPSA) is 84.0 Å². The number of piperazine rings is 1. The first-order valence-electron chi connectivity index (χ1n) is 8.88. The van der Waals surface area contributed by atoms with Crippen LogP contribution in [-0.2, 0) is 20.0 Å². The van der Waals surface area contributed by atoms with E-state index in [1.165, 1.54) is 27.9 Å². The first-order chi connectivity index (χ1) is 13.2. The first-order valence-corrected chi connectivity index (χ1v) is 11.8. The van der Waals surface area contributed by atoms with Gasteiger partial charge < -0.3 is 4.74 Å². The number of hydrogen-bond donors (Lipinski definition) is 0. The molecule has 28 heavy (non-hydrogen) atoms. The molecule has 9 heteroatoms. The molecule has 1 fully saturated rings. The van der Waals surface area contributed by atoms with Gasteiger partial charge in [0.05, 0.1) is 16.9 Å². The van der Waals surface area contributed by atoms with E-state index < -0.39 is 20.0 Å². The van der Waals surface area contributed by atoms with Gasteiger partial charge >= 0.3 is 0 Å². The van der Waals surface area contributed by atoms with Gasteiger partial charge in [-0.2, -0.15) is 8.61 Å². The van der Waals surface area contributed by atoms with Crippen molar-refractivity contribution in [2.75, 3.05) is 33.3 Å². The quantitative estimate of drug-likeness (QED) is 0.733. The van der Waals surface area contributed by atoms with E-state index in [9.17, 15) is 16.8 Å². The number of hydrogen-bond acceptors (Lipinski definition) is 5. The summed E-state index contributed by atoms with van der Waals surface area (Å²) < 4.78 is 59.1. The van der Waals surface area contributed by atoms with Crippen LogP contribution in [0, 0.1) is 13.8 Å². The van der Waals surface area contributed by atoms with Crippen molar-refractivity contribution in [2.24, 2.45) is 0 Å². The van der Waals surface area contributed by atoms with Crippen molar-refractivity contribution >= 4 is 20.0 Å². The summed E-state index contributed by atoms with van der Waals surface area (Å²) in [7, 11) is -5.81.